The van der Waals surface area contributed by atoms with Crippen molar-refractivity contribution in [3.63, 3.8) is 0 Å². The Morgan fingerprint density at radius 2 is 2.11 bits per heavy atom. The number of carbonyl (C=O) groups excluding carboxylic acids is 2. The van der Waals surface area contributed by atoms with Crippen molar-refractivity contribution < 1.29 is 29.3 Å². The second kappa shape index (κ2) is 11.7. The smallest absolute Gasteiger partial charge is 0.222 e. The Labute approximate surface area is 167 Å². The van der Waals surface area contributed by atoms with Crippen molar-refractivity contribution >= 4 is 11.8 Å². The van der Waals surface area contributed by atoms with Gasteiger partial charge in [0.15, 0.2) is 6.29 Å². The fourth-order valence-electron chi connectivity index (χ4n) is 3.61. The average Bonchev–Trinajstić information content (AvgIpc) is 3.05. The number of nitrogens with zero attached hydrogens (tertiary/aromatic N) is 1. The largest absolute Gasteiger partial charge is 0.390 e. The van der Waals surface area contributed by atoms with E-state index in [-0.39, 0.29) is 30.4 Å². The van der Waals surface area contributed by atoms with Crippen molar-refractivity contribution in [1.29, 1.82) is 0 Å². The Hall–Kier alpha value is -1.22. The molecule has 28 heavy (non-hydrogen) atoms. The van der Waals surface area contributed by atoms with Crippen LogP contribution in [-0.4, -0.2) is 77.3 Å². The van der Waals surface area contributed by atoms with E-state index in [2.05, 4.69) is 5.32 Å². The van der Waals surface area contributed by atoms with Gasteiger partial charge in [-0.15, -0.1) is 0 Å². The normalized spacial score (nSPS) is 29.1. The van der Waals surface area contributed by atoms with Gasteiger partial charge in [-0.05, 0) is 39.5 Å². The molecular formula is C20H36N2O6. The number of hydrogen-bond donors (Lipinski definition) is 3. The van der Waals surface area contributed by atoms with Crippen molar-refractivity contribution in [3.05, 3.63) is 0 Å². The van der Waals surface area contributed by atoms with Crippen LogP contribution < -0.4 is 5.32 Å². The van der Waals surface area contributed by atoms with Gasteiger partial charge >= 0.3 is 0 Å². The Morgan fingerprint density at radius 3 is 2.82 bits per heavy atom. The van der Waals surface area contributed by atoms with E-state index in [0.717, 1.165) is 45.2 Å². The minimum absolute atomic E-state index is 0.0372. The van der Waals surface area contributed by atoms with Crippen LogP contribution in [0.3, 0.4) is 0 Å². The fourth-order valence-corrected chi connectivity index (χ4v) is 3.61. The predicted molar refractivity (Wildman–Crippen MR) is 103 cm³/mol. The maximum absolute atomic E-state index is 11.9. The molecule has 2 aliphatic rings. The van der Waals surface area contributed by atoms with E-state index < -0.39 is 18.5 Å². The summed E-state index contributed by atoms with van der Waals surface area (Å²) in [6, 6.07) is 0. The van der Waals surface area contributed by atoms with Crippen LogP contribution in [0.15, 0.2) is 0 Å². The molecule has 0 aromatic carbocycles. The van der Waals surface area contributed by atoms with Gasteiger partial charge in [-0.3, -0.25) is 9.59 Å². The molecule has 0 unspecified atom stereocenters. The molecule has 2 amide bonds. The van der Waals surface area contributed by atoms with Crippen LogP contribution >= 0.6 is 0 Å². The number of hydrogen-bond acceptors (Lipinski definition) is 6. The zero-order valence-electron chi connectivity index (χ0n) is 17.1. The molecule has 0 aromatic rings. The molecule has 2 rings (SSSR count). The molecule has 2 fully saturated rings. The molecule has 5 atom stereocenters. The molecule has 8 nitrogen and oxygen atoms in total. The van der Waals surface area contributed by atoms with Crippen molar-refractivity contribution in [2.24, 2.45) is 0 Å². The van der Waals surface area contributed by atoms with Gasteiger partial charge in [0.05, 0.1) is 18.3 Å². The van der Waals surface area contributed by atoms with Crippen LogP contribution in [0.4, 0.5) is 0 Å². The van der Waals surface area contributed by atoms with Gasteiger partial charge < -0.3 is 29.9 Å². The molecular weight excluding hydrogens is 364 g/mol. The van der Waals surface area contributed by atoms with Gasteiger partial charge in [0, 0.05) is 38.9 Å². The molecule has 0 bridgehead atoms. The minimum atomic E-state index is -0.824. The second-order valence-corrected chi connectivity index (χ2v) is 7.96. The second-order valence-electron chi connectivity index (χ2n) is 7.96. The van der Waals surface area contributed by atoms with Crippen LogP contribution in [0.5, 0.6) is 0 Å². The maximum atomic E-state index is 11.9. The maximum Gasteiger partial charge on any atom is 0.222 e. The van der Waals surface area contributed by atoms with Crippen LogP contribution in [0.2, 0.25) is 0 Å². The van der Waals surface area contributed by atoms with Crippen LogP contribution in [0, 0.1) is 0 Å². The lowest BCUT2D eigenvalue weighted by molar-refractivity contribution is -0.273. The van der Waals surface area contributed by atoms with Gasteiger partial charge in [-0.2, -0.15) is 0 Å². The third-order valence-corrected chi connectivity index (χ3v) is 5.42. The van der Waals surface area contributed by atoms with Crippen molar-refractivity contribution in [2.75, 3.05) is 19.6 Å². The molecule has 0 spiro atoms. The number of rotatable bonds is 11. The zero-order chi connectivity index (χ0) is 20.5. The van der Waals surface area contributed by atoms with E-state index in [1.54, 1.807) is 6.92 Å². The summed E-state index contributed by atoms with van der Waals surface area (Å²) in [5, 5.41) is 22.5. The number of ether oxygens (including phenoxy) is 2. The number of carbonyl (C=O) groups is 2. The van der Waals surface area contributed by atoms with Crippen LogP contribution in [0.1, 0.15) is 65.2 Å². The van der Waals surface area contributed by atoms with E-state index in [9.17, 15) is 19.8 Å². The van der Waals surface area contributed by atoms with Gasteiger partial charge in [-0.25, -0.2) is 0 Å². The van der Waals surface area contributed by atoms with E-state index in [4.69, 9.17) is 9.47 Å². The molecule has 2 saturated heterocycles. The lowest BCUT2D eigenvalue weighted by atomic mass is 10.0. The van der Waals surface area contributed by atoms with E-state index in [1.807, 2.05) is 11.8 Å². The highest BCUT2D eigenvalue weighted by molar-refractivity contribution is 5.78. The molecule has 0 saturated carbocycles. The molecule has 0 aromatic heterocycles. The monoisotopic (exact) mass is 400 g/mol. The highest BCUT2D eigenvalue weighted by Crippen LogP contribution is 2.23. The average molecular weight is 401 g/mol. The third-order valence-electron chi connectivity index (χ3n) is 5.42. The fraction of sp³-hybridized carbons (Fsp3) is 0.900. The summed E-state index contributed by atoms with van der Waals surface area (Å²) < 4.78 is 11.3. The minimum Gasteiger partial charge on any atom is -0.390 e. The summed E-state index contributed by atoms with van der Waals surface area (Å²) in [5.74, 6) is 0.259. The Kier molecular flexibility index (Phi) is 9.64. The van der Waals surface area contributed by atoms with E-state index in [0.29, 0.717) is 19.4 Å². The first kappa shape index (κ1) is 23.1. The number of amides is 2. The molecule has 8 heteroatoms. The first-order valence-corrected chi connectivity index (χ1v) is 10.6. The van der Waals surface area contributed by atoms with Gasteiger partial charge in [0.1, 0.15) is 6.10 Å². The molecule has 0 radical (unpaired) electrons. The van der Waals surface area contributed by atoms with Gasteiger partial charge in [0.2, 0.25) is 11.8 Å². The number of nitrogens with one attached hydrogen (secondary N) is 1. The molecule has 2 aliphatic heterocycles. The molecule has 162 valence electrons. The topological polar surface area (TPSA) is 108 Å². The first-order chi connectivity index (χ1) is 13.4. The Bertz CT molecular complexity index is 503. The summed E-state index contributed by atoms with van der Waals surface area (Å²) in [4.78, 5) is 25.2. The predicted octanol–water partition coefficient (Wildman–Crippen LogP) is 0.937. The number of aliphatic hydroxyl groups excluding tert-OH is 2. The summed E-state index contributed by atoms with van der Waals surface area (Å²) in [7, 11) is 0. The van der Waals surface area contributed by atoms with E-state index in [1.165, 1.54) is 0 Å². The standard InChI is InChI=1S/C20H36N2O6/c1-14(27-20-17(24)13-16(23)15(2)28-20)7-3-4-8-18(25)21-10-6-12-22-11-5-9-19(22)26/h14-17,20,23-24H,3-13H2,1-2H3,(H,21,25)/t14-,15+,16-,17-,20-/m1/s1. The van der Waals surface area contributed by atoms with Crippen LogP contribution in [-0.2, 0) is 19.1 Å². The SMILES string of the molecule is C[C@H](CCCCC(=O)NCCCN1CCCC1=O)O[C@@H]1O[C@@H](C)[C@H](O)C[C@H]1O. The first-order valence-electron chi connectivity index (χ1n) is 10.6. The lowest BCUT2D eigenvalue weighted by Gasteiger charge is -2.36. The third kappa shape index (κ3) is 7.66. The Morgan fingerprint density at radius 1 is 1.32 bits per heavy atom. The van der Waals surface area contributed by atoms with E-state index >= 15 is 0 Å². The number of unbranched alkanes of at least 4 members (excludes halogenated alkanes) is 1. The zero-order valence-corrected chi connectivity index (χ0v) is 17.1. The molecule has 2 heterocycles. The summed E-state index contributed by atoms with van der Waals surface area (Å²) in [6.07, 6.45) is 2.86. The van der Waals surface area contributed by atoms with Gasteiger partial charge in [0.25, 0.3) is 0 Å². The molecule has 3 N–H and O–H groups in total. The Balaban J connectivity index is 1.48. The highest BCUT2D eigenvalue weighted by atomic mass is 16.7. The number of aliphatic hydroxyl groups is 2. The highest BCUT2D eigenvalue weighted by Gasteiger charge is 2.35. The van der Waals surface area contributed by atoms with Crippen molar-refractivity contribution in [3.8, 4) is 0 Å². The molecule has 0 aliphatic carbocycles. The van der Waals surface area contributed by atoms with Gasteiger partial charge in [-0.1, -0.05) is 6.42 Å². The number of likely N-dealkylation sites (tertiary alicyclic amines) is 1. The quantitative estimate of drug-likeness (QED) is 0.446. The van der Waals surface area contributed by atoms with Crippen molar-refractivity contribution in [1.82, 2.24) is 10.2 Å². The summed E-state index contributed by atoms with van der Waals surface area (Å²) in [5.41, 5.74) is 0. The summed E-state index contributed by atoms with van der Waals surface area (Å²) >= 11 is 0. The van der Waals surface area contributed by atoms with Crippen LogP contribution in [0.25, 0.3) is 0 Å². The lowest BCUT2D eigenvalue weighted by Crippen LogP contribution is -2.48. The summed E-state index contributed by atoms with van der Waals surface area (Å²) in [6.45, 7) is 5.85. The van der Waals surface area contributed by atoms with Crippen molar-refractivity contribution in [2.45, 2.75) is 95.9 Å².